The lowest BCUT2D eigenvalue weighted by Crippen LogP contribution is -2.41. The molecule has 0 N–H and O–H groups in total. The molecule has 1 rings (SSSR count). The van der Waals surface area contributed by atoms with Gasteiger partial charge in [0.15, 0.2) is 0 Å². The van der Waals surface area contributed by atoms with Gasteiger partial charge in [0.1, 0.15) is 6.10 Å². The van der Waals surface area contributed by atoms with Crippen LogP contribution in [0.4, 0.5) is 0 Å². The molecule has 2 unspecified atom stereocenters. The van der Waals surface area contributed by atoms with Crippen molar-refractivity contribution < 1.29 is 14.3 Å². The summed E-state index contributed by atoms with van der Waals surface area (Å²) in [6.45, 7) is 10.5. The maximum Gasteiger partial charge on any atom is 0.308 e. The van der Waals surface area contributed by atoms with Gasteiger partial charge in [-0.15, -0.1) is 0 Å². The molecule has 0 amide bonds. The average Bonchev–Trinajstić information content (AvgIpc) is 2.19. The zero-order chi connectivity index (χ0) is 13.2. The summed E-state index contributed by atoms with van der Waals surface area (Å²) in [5.74, 6) is 0.399. The Balaban J connectivity index is 2.64. The minimum absolute atomic E-state index is 0.00266. The normalized spacial score (nSPS) is 32.1. The van der Waals surface area contributed by atoms with Crippen molar-refractivity contribution in [3.05, 3.63) is 0 Å². The third kappa shape index (κ3) is 3.70. The maximum atomic E-state index is 11.6. The van der Waals surface area contributed by atoms with Gasteiger partial charge in [0.05, 0.1) is 12.0 Å². The Hall–Kier alpha value is -0.570. The van der Waals surface area contributed by atoms with Crippen LogP contribution in [0, 0.1) is 17.3 Å². The van der Waals surface area contributed by atoms with Crippen LogP contribution in [0.25, 0.3) is 0 Å². The fourth-order valence-electron chi connectivity index (χ4n) is 2.48. The molecule has 1 aliphatic heterocycles. The highest BCUT2D eigenvalue weighted by atomic mass is 16.5. The van der Waals surface area contributed by atoms with E-state index in [2.05, 4.69) is 27.7 Å². The Bertz CT molecular complexity index is 267. The Morgan fingerprint density at radius 1 is 1.41 bits per heavy atom. The molecule has 100 valence electrons. The fourth-order valence-corrected chi connectivity index (χ4v) is 2.48. The quantitative estimate of drug-likeness (QED) is 0.714. The van der Waals surface area contributed by atoms with Gasteiger partial charge in [-0.25, -0.2) is 0 Å². The summed E-state index contributed by atoms with van der Waals surface area (Å²) < 4.78 is 11.1. The van der Waals surface area contributed by atoms with E-state index < -0.39 is 0 Å². The first-order valence-electron chi connectivity index (χ1n) is 6.49. The first-order valence-corrected chi connectivity index (χ1v) is 6.49. The van der Waals surface area contributed by atoms with Crippen molar-refractivity contribution in [3.8, 4) is 0 Å². The van der Waals surface area contributed by atoms with Crippen LogP contribution in [0.3, 0.4) is 0 Å². The monoisotopic (exact) mass is 242 g/mol. The molecule has 0 aliphatic carbocycles. The second-order valence-electron chi connectivity index (χ2n) is 6.42. The van der Waals surface area contributed by atoms with E-state index in [9.17, 15) is 4.79 Å². The number of methoxy groups -OCH3 is 1. The second-order valence-corrected chi connectivity index (χ2v) is 6.42. The van der Waals surface area contributed by atoms with Crippen molar-refractivity contribution in [2.24, 2.45) is 17.3 Å². The third-order valence-electron chi connectivity index (χ3n) is 3.73. The van der Waals surface area contributed by atoms with E-state index in [0.29, 0.717) is 5.92 Å². The van der Waals surface area contributed by atoms with Gasteiger partial charge < -0.3 is 9.47 Å². The standard InChI is InChI=1S/C14H26O3/c1-9-7-10(2)13(15)17-11(9)8-12(16-6)14(3,4)5/h9-12H,7-8H2,1-6H3/t9-,10-,11?,12?/m1/s1. The summed E-state index contributed by atoms with van der Waals surface area (Å²) in [6.07, 6.45) is 1.84. The van der Waals surface area contributed by atoms with E-state index in [0.717, 1.165) is 12.8 Å². The molecule has 1 saturated heterocycles. The molecule has 0 saturated carbocycles. The molecule has 1 aliphatic rings. The van der Waals surface area contributed by atoms with E-state index in [4.69, 9.17) is 9.47 Å². The topological polar surface area (TPSA) is 35.5 Å². The number of cyclic esters (lactones) is 1. The molecule has 17 heavy (non-hydrogen) atoms. The van der Waals surface area contributed by atoms with E-state index in [1.54, 1.807) is 7.11 Å². The molecule has 0 radical (unpaired) electrons. The number of carbonyl (C=O) groups is 1. The Labute approximate surface area is 105 Å². The summed E-state index contributed by atoms with van der Waals surface area (Å²) in [6, 6.07) is 0. The third-order valence-corrected chi connectivity index (χ3v) is 3.73. The number of ether oxygens (including phenoxy) is 2. The first-order chi connectivity index (χ1) is 7.75. The van der Waals surface area contributed by atoms with Gasteiger partial charge in [0.25, 0.3) is 0 Å². The van der Waals surface area contributed by atoms with Crippen LogP contribution < -0.4 is 0 Å². The van der Waals surface area contributed by atoms with E-state index in [1.165, 1.54) is 0 Å². The summed E-state index contributed by atoms with van der Waals surface area (Å²) in [7, 11) is 1.73. The number of hydrogen-bond acceptors (Lipinski definition) is 3. The zero-order valence-corrected chi connectivity index (χ0v) is 11.9. The smallest absolute Gasteiger partial charge is 0.308 e. The van der Waals surface area contributed by atoms with Gasteiger partial charge in [-0.2, -0.15) is 0 Å². The largest absolute Gasteiger partial charge is 0.462 e. The zero-order valence-electron chi connectivity index (χ0n) is 11.9. The predicted molar refractivity (Wildman–Crippen MR) is 67.7 cm³/mol. The van der Waals surface area contributed by atoms with E-state index in [1.807, 2.05) is 6.92 Å². The lowest BCUT2D eigenvalue weighted by molar-refractivity contribution is -0.168. The van der Waals surface area contributed by atoms with Crippen LogP contribution in [0.5, 0.6) is 0 Å². The highest BCUT2D eigenvalue weighted by Gasteiger charge is 2.36. The summed E-state index contributed by atoms with van der Waals surface area (Å²) >= 11 is 0. The van der Waals surface area contributed by atoms with Crippen LogP contribution in [0.1, 0.15) is 47.5 Å². The molecular weight excluding hydrogens is 216 g/mol. The highest BCUT2D eigenvalue weighted by molar-refractivity contribution is 5.72. The molecule has 0 spiro atoms. The minimum atomic E-state index is -0.0585. The van der Waals surface area contributed by atoms with Crippen molar-refractivity contribution in [1.29, 1.82) is 0 Å². The molecule has 0 aromatic rings. The average molecular weight is 242 g/mol. The molecule has 1 heterocycles. The van der Waals surface area contributed by atoms with Crippen molar-refractivity contribution in [1.82, 2.24) is 0 Å². The predicted octanol–water partition coefficient (Wildman–Crippen LogP) is 3.03. The molecule has 0 aromatic heterocycles. The second kappa shape index (κ2) is 5.38. The SMILES string of the molecule is COC(CC1OC(=O)[C@H](C)C[C@H]1C)C(C)(C)C. The molecule has 4 atom stereocenters. The summed E-state index contributed by atoms with van der Waals surface area (Å²) in [5.41, 5.74) is 0.0734. The molecule has 3 nitrogen and oxygen atoms in total. The first kappa shape index (κ1) is 14.5. The van der Waals surface area contributed by atoms with Crippen LogP contribution in [0.15, 0.2) is 0 Å². The van der Waals surface area contributed by atoms with Crippen LogP contribution in [-0.2, 0) is 14.3 Å². The Kier molecular flexibility index (Phi) is 4.59. The van der Waals surface area contributed by atoms with Crippen molar-refractivity contribution >= 4 is 5.97 Å². The van der Waals surface area contributed by atoms with Gasteiger partial charge in [0, 0.05) is 13.5 Å². The lowest BCUT2D eigenvalue weighted by atomic mass is 9.81. The van der Waals surface area contributed by atoms with Gasteiger partial charge in [0.2, 0.25) is 0 Å². The number of carbonyl (C=O) groups excluding carboxylic acids is 1. The molecule has 0 bridgehead atoms. The Morgan fingerprint density at radius 2 is 2.00 bits per heavy atom. The summed E-state index contributed by atoms with van der Waals surface area (Å²) in [4.78, 5) is 11.6. The number of rotatable bonds is 3. The van der Waals surface area contributed by atoms with Crippen LogP contribution in [0.2, 0.25) is 0 Å². The van der Waals surface area contributed by atoms with Crippen LogP contribution in [-0.4, -0.2) is 25.3 Å². The molecule has 0 aromatic carbocycles. The van der Waals surface area contributed by atoms with Crippen molar-refractivity contribution in [3.63, 3.8) is 0 Å². The van der Waals surface area contributed by atoms with Crippen molar-refractivity contribution in [2.45, 2.75) is 59.7 Å². The highest BCUT2D eigenvalue weighted by Crippen LogP contribution is 2.33. The number of esters is 1. The molecular formula is C14H26O3. The maximum absolute atomic E-state index is 11.6. The summed E-state index contributed by atoms with van der Waals surface area (Å²) in [5, 5.41) is 0. The minimum Gasteiger partial charge on any atom is -0.462 e. The molecule has 1 fully saturated rings. The van der Waals surface area contributed by atoms with Gasteiger partial charge >= 0.3 is 5.97 Å². The number of hydrogen-bond donors (Lipinski definition) is 0. The van der Waals surface area contributed by atoms with Crippen LogP contribution >= 0.6 is 0 Å². The van der Waals surface area contributed by atoms with Gasteiger partial charge in [-0.1, -0.05) is 34.6 Å². The Morgan fingerprint density at radius 3 is 2.47 bits per heavy atom. The molecule has 3 heteroatoms. The van der Waals surface area contributed by atoms with Gasteiger partial charge in [-0.05, 0) is 17.8 Å². The lowest BCUT2D eigenvalue weighted by Gasteiger charge is -2.37. The fraction of sp³-hybridized carbons (Fsp3) is 0.929. The van der Waals surface area contributed by atoms with Crippen molar-refractivity contribution in [2.75, 3.05) is 7.11 Å². The van der Waals surface area contributed by atoms with E-state index in [-0.39, 0.29) is 29.5 Å². The van der Waals surface area contributed by atoms with Gasteiger partial charge in [-0.3, -0.25) is 4.79 Å². The van der Waals surface area contributed by atoms with E-state index >= 15 is 0 Å².